The molecule has 0 aromatic heterocycles. The van der Waals surface area contributed by atoms with Crippen LogP contribution in [0, 0.1) is 0 Å². The van der Waals surface area contributed by atoms with Gasteiger partial charge in [-0.15, -0.1) is 0 Å². The van der Waals surface area contributed by atoms with Gasteiger partial charge in [0.05, 0.1) is 5.39 Å². The van der Waals surface area contributed by atoms with Crippen molar-refractivity contribution in [1.29, 1.82) is 0 Å². The van der Waals surface area contributed by atoms with Gasteiger partial charge in [-0.25, -0.2) is 0 Å². The monoisotopic (exact) mass is 308 g/mol. The average molecular weight is 308 g/mol. The molecule has 1 N–H and O–H groups in total. The Morgan fingerprint density at radius 2 is 1.74 bits per heavy atom. The van der Waals surface area contributed by atoms with Crippen LogP contribution in [0.25, 0.3) is 10.8 Å². The van der Waals surface area contributed by atoms with Crippen molar-refractivity contribution in [1.82, 2.24) is 0 Å². The molecule has 0 bridgehead atoms. The van der Waals surface area contributed by atoms with E-state index in [1.807, 2.05) is 30.3 Å². The minimum atomic E-state index is -0.410. The molecular weight excluding hydrogens is 292 g/mol. The van der Waals surface area contributed by atoms with Crippen molar-refractivity contribution in [2.75, 3.05) is 0 Å². The van der Waals surface area contributed by atoms with E-state index in [-0.39, 0.29) is 5.75 Å². The third-order valence-electron chi connectivity index (χ3n) is 3.43. The van der Waals surface area contributed by atoms with E-state index in [1.165, 1.54) is 13.0 Å². The van der Waals surface area contributed by atoms with Gasteiger partial charge in [-0.3, -0.25) is 4.79 Å². The van der Waals surface area contributed by atoms with Gasteiger partial charge in [-0.05, 0) is 23.8 Å². The van der Waals surface area contributed by atoms with Gasteiger partial charge in [-0.2, -0.15) is 0 Å². The molecule has 23 heavy (non-hydrogen) atoms. The highest BCUT2D eigenvalue weighted by Gasteiger charge is 2.13. The lowest BCUT2D eigenvalue weighted by Gasteiger charge is -2.13. The predicted octanol–water partition coefficient (Wildman–Crippen LogP) is 4.05. The summed E-state index contributed by atoms with van der Waals surface area (Å²) < 4.78 is 11.0. The third kappa shape index (κ3) is 3.26. The van der Waals surface area contributed by atoms with E-state index in [0.717, 1.165) is 5.56 Å². The molecule has 4 nitrogen and oxygen atoms in total. The topological polar surface area (TPSA) is 55.8 Å². The van der Waals surface area contributed by atoms with Gasteiger partial charge >= 0.3 is 5.97 Å². The highest BCUT2D eigenvalue weighted by atomic mass is 16.5. The van der Waals surface area contributed by atoms with Crippen LogP contribution in [0.5, 0.6) is 17.2 Å². The zero-order valence-electron chi connectivity index (χ0n) is 12.7. The second-order valence-corrected chi connectivity index (χ2v) is 5.13. The predicted molar refractivity (Wildman–Crippen MR) is 87.7 cm³/mol. The molecule has 0 fully saturated rings. The molecule has 3 aromatic carbocycles. The van der Waals surface area contributed by atoms with Crippen LogP contribution in [0.15, 0.2) is 60.7 Å². The van der Waals surface area contributed by atoms with Gasteiger partial charge in [0.15, 0.2) is 0 Å². The van der Waals surface area contributed by atoms with Crippen molar-refractivity contribution in [3.05, 3.63) is 66.2 Å². The van der Waals surface area contributed by atoms with E-state index in [2.05, 4.69) is 0 Å². The van der Waals surface area contributed by atoms with E-state index in [9.17, 15) is 9.90 Å². The molecule has 0 heterocycles. The molecule has 0 aliphatic rings. The first kappa shape index (κ1) is 14.9. The largest absolute Gasteiger partial charge is 0.507 e. The number of rotatable bonds is 4. The number of ether oxygens (including phenoxy) is 2. The fraction of sp³-hybridized carbons (Fsp3) is 0.105. The summed E-state index contributed by atoms with van der Waals surface area (Å²) in [6.45, 7) is 1.73. The van der Waals surface area contributed by atoms with Crippen LogP contribution in [0.4, 0.5) is 0 Å². The van der Waals surface area contributed by atoms with Crippen molar-refractivity contribution in [3.63, 3.8) is 0 Å². The van der Waals surface area contributed by atoms with Crippen molar-refractivity contribution in [2.24, 2.45) is 0 Å². The van der Waals surface area contributed by atoms with Gasteiger partial charge < -0.3 is 14.6 Å². The Morgan fingerprint density at radius 1 is 0.957 bits per heavy atom. The normalized spacial score (nSPS) is 10.5. The minimum absolute atomic E-state index is 0.0829. The van der Waals surface area contributed by atoms with Crippen LogP contribution >= 0.6 is 0 Å². The number of benzene rings is 3. The molecular formula is C19H16O4. The van der Waals surface area contributed by atoms with Crippen LogP contribution in [-0.2, 0) is 11.4 Å². The molecule has 0 aliphatic heterocycles. The van der Waals surface area contributed by atoms with Crippen LogP contribution in [0.2, 0.25) is 0 Å². The minimum Gasteiger partial charge on any atom is -0.507 e. The number of fused-ring (bicyclic) bond motifs is 1. The molecule has 0 unspecified atom stereocenters. The standard InChI is InChI=1S/C19H16O4/c1-13(20)23-17-11-10-16(21)19-15(17)8-5-9-18(19)22-12-14-6-3-2-4-7-14/h2-11,21H,12H2,1H3. The summed E-state index contributed by atoms with van der Waals surface area (Å²) in [7, 11) is 0. The SMILES string of the molecule is CC(=O)Oc1ccc(O)c2c(OCc3ccccc3)cccc12. The number of hydrogen-bond donors (Lipinski definition) is 1. The Labute approximate surface area is 133 Å². The lowest BCUT2D eigenvalue weighted by molar-refractivity contribution is -0.131. The third-order valence-corrected chi connectivity index (χ3v) is 3.43. The first-order valence-electron chi connectivity index (χ1n) is 7.25. The Morgan fingerprint density at radius 3 is 2.48 bits per heavy atom. The summed E-state index contributed by atoms with van der Waals surface area (Å²) in [5.41, 5.74) is 1.03. The van der Waals surface area contributed by atoms with Crippen LogP contribution in [-0.4, -0.2) is 11.1 Å². The molecule has 0 amide bonds. The van der Waals surface area contributed by atoms with E-state index < -0.39 is 5.97 Å². The number of esters is 1. The zero-order valence-corrected chi connectivity index (χ0v) is 12.7. The second-order valence-electron chi connectivity index (χ2n) is 5.13. The fourth-order valence-electron chi connectivity index (χ4n) is 2.43. The Balaban J connectivity index is 1.99. The number of hydrogen-bond acceptors (Lipinski definition) is 4. The van der Waals surface area contributed by atoms with Crippen LogP contribution in [0.1, 0.15) is 12.5 Å². The van der Waals surface area contributed by atoms with E-state index in [1.54, 1.807) is 24.3 Å². The highest BCUT2D eigenvalue weighted by Crippen LogP contribution is 2.38. The average Bonchev–Trinajstić information content (AvgIpc) is 2.56. The Kier molecular flexibility index (Phi) is 4.15. The number of carbonyl (C=O) groups is 1. The molecule has 4 heteroatoms. The lowest BCUT2D eigenvalue weighted by atomic mass is 10.1. The smallest absolute Gasteiger partial charge is 0.308 e. The summed E-state index contributed by atoms with van der Waals surface area (Å²) in [6, 6.07) is 18.2. The molecule has 0 aliphatic carbocycles. The molecule has 116 valence electrons. The van der Waals surface area contributed by atoms with E-state index in [4.69, 9.17) is 9.47 Å². The molecule has 3 rings (SSSR count). The molecule has 0 saturated carbocycles. The fourth-order valence-corrected chi connectivity index (χ4v) is 2.43. The molecule has 0 radical (unpaired) electrons. The maximum absolute atomic E-state index is 11.2. The summed E-state index contributed by atoms with van der Waals surface area (Å²) >= 11 is 0. The Hall–Kier alpha value is -3.01. The number of phenolic OH excluding ortho intramolecular Hbond substituents is 1. The zero-order chi connectivity index (χ0) is 16.2. The van der Waals surface area contributed by atoms with Crippen molar-refractivity contribution >= 4 is 16.7 Å². The number of aromatic hydroxyl groups is 1. The van der Waals surface area contributed by atoms with E-state index in [0.29, 0.717) is 28.9 Å². The quantitative estimate of drug-likeness (QED) is 0.583. The lowest BCUT2D eigenvalue weighted by Crippen LogP contribution is -2.02. The van der Waals surface area contributed by atoms with Crippen molar-refractivity contribution < 1.29 is 19.4 Å². The molecule has 0 spiro atoms. The molecule has 3 aromatic rings. The summed E-state index contributed by atoms with van der Waals surface area (Å²) in [5.74, 6) is 0.612. The highest BCUT2D eigenvalue weighted by molar-refractivity contribution is 5.98. The van der Waals surface area contributed by atoms with Gasteiger partial charge in [-0.1, -0.05) is 42.5 Å². The van der Waals surface area contributed by atoms with Crippen LogP contribution < -0.4 is 9.47 Å². The van der Waals surface area contributed by atoms with E-state index >= 15 is 0 Å². The second kappa shape index (κ2) is 6.40. The summed E-state index contributed by atoms with van der Waals surface area (Å²) in [5, 5.41) is 11.3. The first-order valence-corrected chi connectivity index (χ1v) is 7.25. The molecule has 0 atom stereocenters. The van der Waals surface area contributed by atoms with Gasteiger partial charge in [0, 0.05) is 12.3 Å². The summed E-state index contributed by atoms with van der Waals surface area (Å²) in [6.07, 6.45) is 0. The molecule has 0 saturated heterocycles. The number of phenols is 1. The number of carbonyl (C=O) groups excluding carboxylic acids is 1. The Bertz CT molecular complexity index is 841. The maximum atomic E-state index is 11.2. The van der Waals surface area contributed by atoms with Crippen LogP contribution in [0.3, 0.4) is 0 Å². The van der Waals surface area contributed by atoms with Gasteiger partial charge in [0.25, 0.3) is 0 Å². The summed E-state index contributed by atoms with van der Waals surface area (Å²) in [4.78, 5) is 11.2. The van der Waals surface area contributed by atoms with Crippen molar-refractivity contribution in [3.8, 4) is 17.2 Å². The first-order chi connectivity index (χ1) is 11.1. The van der Waals surface area contributed by atoms with Gasteiger partial charge in [0.1, 0.15) is 23.9 Å². The van der Waals surface area contributed by atoms with Gasteiger partial charge in [0.2, 0.25) is 0 Å². The maximum Gasteiger partial charge on any atom is 0.308 e. The van der Waals surface area contributed by atoms with Crippen molar-refractivity contribution in [2.45, 2.75) is 13.5 Å².